The number of hydrogen-bond donors (Lipinski definition) is 0. The minimum absolute atomic E-state index is 0.811. The normalized spacial score (nSPS) is 17.1. The maximum absolute atomic E-state index is 5.36. The molecule has 1 aliphatic rings. The molecule has 0 saturated carbocycles. The van der Waals surface area contributed by atoms with E-state index in [9.17, 15) is 0 Å². The molecule has 1 fully saturated rings. The van der Waals surface area contributed by atoms with Crippen LogP contribution in [0.25, 0.3) is 0 Å². The Morgan fingerprint density at radius 2 is 2.07 bits per heavy atom. The van der Waals surface area contributed by atoms with Gasteiger partial charge in [-0.1, -0.05) is 15.9 Å². The summed E-state index contributed by atoms with van der Waals surface area (Å²) in [7, 11) is 2.00. The highest BCUT2D eigenvalue weighted by Crippen LogP contribution is 2.25. The van der Waals surface area contributed by atoms with Gasteiger partial charge in [0.05, 0.1) is 18.9 Å². The summed E-state index contributed by atoms with van der Waals surface area (Å²) in [5.41, 5.74) is 2.40. The van der Waals surface area contributed by atoms with Gasteiger partial charge in [-0.3, -0.25) is 4.68 Å². The highest BCUT2D eigenvalue weighted by Gasteiger charge is 2.20. The molecule has 2 rings (SSSR count). The van der Waals surface area contributed by atoms with E-state index in [0.717, 1.165) is 37.3 Å². The van der Waals surface area contributed by atoms with Crippen LogP contribution in [0.1, 0.15) is 11.3 Å². The van der Waals surface area contributed by atoms with E-state index in [1.54, 1.807) is 0 Å². The van der Waals surface area contributed by atoms with Gasteiger partial charge in [0.15, 0.2) is 0 Å². The number of anilines is 1. The zero-order valence-electron chi connectivity index (χ0n) is 9.16. The van der Waals surface area contributed by atoms with Gasteiger partial charge in [0.1, 0.15) is 5.82 Å². The summed E-state index contributed by atoms with van der Waals surface area (Å²) in [5, 5.41) is 5.32. The minimum atomic E-state index is 0.811. The third kappa shape index (κ3) is 2.03. The number of morpholine rings is 1. The average molecular weight is 274 g/mol. The molecule has 15 heavy (non-hydrogen) atoms. The Bertz CT molecular complexity index is 345. The van der Waals surface area contributed by atoms with Crippen LogP contribution in [0.4, 0.5) is 5.82 Å². The van der Waals surface area contributed by atoms with Crippen LogP contribution in [0.2, 0.25) is 0 Å². The summed E-state index contributed by atoms with van der Waals surface area (Å²) in [6.45, 7) is 5.59. The van der Waals surface area contributed by atoms with Crippen molar-refractivity contribution in [3.63, 3.8) is 0 Å². The van der Waals surface area contributed by atoms with E-state index < -0.39 is 0 Å². The summed E-state index contributed by atoms with van der Waals surface area (Å²) >= 11 is 3.53. The van der Waals surface area contributed by atoms with Crippen LogP contribution >= 0.6 is 15.9 Å². The number of alkyl halides is 1. The van der Waals surface area contributed by atoms with Crippen molar-refractivity contribution >= 4 is 21.7 Å². The molecule has 0 aromatic carbocycles. The van der Waals surface area contributed by atoms with Crippen molar-refractivity contribution in [2.45, 2.75) is 12.3 Å². The summed E-state index contributed by atoms with van der Waals surface area (Å²) in [5.74, 6) is 1.23. The van der Waals surface area contributed by atoms with Gasteiger partial charge in [-0.25, -0.2) is 0 Å². The maximum Gasteiger partial charge on any atom is 0.131 e. The molecule has 1 aromatic rings. The molecule has 0 atom stereocenters. The fourth-order valence-corrected chi connectivity index (χ4v) is 2.67. The fourth-order valence-electron chi connectivity index (χ4n) is 2.02. The first-order valence-corrected chi connectivity index (χ1v) is 6.27. The second kappa shape index (κ2) is 4.53. The number of hydrogen-bond acceptors (Lipinski definition) is 3. The molecular formula is C10H16BrN3O. The van der Waals surface area contributed by atoms with Crippen LogP contribution in [0.15, 0.2) is 0 Å². The van der Waals surface area contributed by atoms with Gasteiger partial charge in [-0.05, 0) is 6.92 Å². The van der Waals surface area contributed by atoms with Crippen LogP contribution in [0.5, 0.6) is 0 Å². The molecule has 0 amide bonds. The van der Waals surface area contributed by atoms with E-state index in [0.29, 0.717) is 0 Å². The van der Waals surface area contributed by atoms with Gasteiger partial charge < -0.3 is 9.64 Å². The molecule has 5 heteroatoms. The van der Waals surface area contributed by atoms with Gasteiger partial charge in [-0.15, -0.1) is 0 Å². The average Bonchev–Trinajstić information content (AvgIpc) is 2.54. The van der Waals surface area contributed by atoms with Crippen LogP contribution < -0.4 is 4.90 Å². The lowest BCUT2D eigenvalue weighted by Crippen LogP contribution is -2.37. The second-order valence-corrected chi connectivity index (χ2v) is 4.30. The van der Waals surface area contributed by atoms with E-state index in [2.05, 4.69) is 32.9 Å². The van der Waals surface area contributed by atoms with Crippen molar-refractivity contribution in [1.29, 1.82) is 0 Å². The number of nitrogens with zero attached hydrogens (tertiary/aromatic N) is 3. The zero-order chi connectivity index (χ0) is 10.8. The van der Waals surface area contributed by atoms with Crippen LogP contribution in [0.3, 0.4) is 0 Å². The van der Waals surface area contributed by atoms with Crippen molar-refractivity contribution in [2.24, 2.45) is 7.05 Å². The first-order valence-electron chi connectivity index (χ1n) is 5.15. The third-order valence-corrected chi connectivity index (χ3v) is 3.32. The maximum atomic E-state index is 5.36. The lowest BCUT2D eigenvalue weighted by Gasteiger charge is -2.29. The van der Waals surface area contributed by atoms with E-state index in [-0.39, 0.29) is 0 Å². The number of aryl methyl sites for hydroxylation is 2. The molecule has 1 aliphatic heterocycles. The SMILES string of the molecule is Cc1nn(C)c(N2CCOCC2)c1CBr. The molecule has 4 nitrogen and oxygen atoms in total. The van der Waals surface area contributed by atoms with Crippen molar-refractivity contribution in [2.75, 3.05) is 31.2 Å². The Morgan fingerprint density at radius 1 is 1.40 bits per heavy atom. The van der Waals surface area contributed by atoms with Gasteiger partial charge >= 0.3 is 0 Å². The Labute approximate surface area is 98.3 Å². The summed E-state index contributed by atoms with van der Waals surface area (Å²) in [4.78, 5) is 2.35. The molecule has 0 radical (unpaired) electrons. The standard InChI is InChI=1S/C10H16BrN3O/c1-8-9(7-11)10(13(2)12-8)14-3-5-15-6-4-14/h3-7H2,1-2H3. The van der Waals surface area contributed by atoms with Gasteiger partial charge in [0.2, 0.25) is 0 Å². The van der Waals surface area contributed by atoms with Crippen LogP contribution in [0, 0.1) is 6.92 Å². The zero-order valence-corrected chi connectivity index (χ0v) is 10.7. The Balaban J connectivity index is 2.32. The van der Waals surface area contributed by atoms with E-state index in [1.807, 2.05) is 11.7 Å². The third-order valence-electron chi connectivity index (χ3n) is 2.76. The molecular weight excluding hydrogens is 258 g/mol. The second-order valence-electron chi connectivity index (χ2n) is 3.74. The molecule has 0 bridgehead atoms. The lowest BCUT2D eigenvalue weighted by atomic mass is 10.2. The summed E-state index contributed by atoms with van der Waals surface area (Å²) in [6, 6.07) is 0. The van der Waals surface area contributed by atoms with Crippen molar-refractivity contribution in [3.8, 4) is 0 Å². The van der Waals surface area contributed by atoms with Crippen molar-refractivity contribution in [1.82, 2.24) is 9.78 Å². The van der Waals surface area contributed by atoms with Gasteiger partial charge in [0.25, 0.3) is 0 Å². The van der Waals surface area contributed by atoms with Gasteiger partial charge in [-0.2, -0.15) is 5.10 Å². The number of aromatic nitrogens is 2. The van der Waals surface area contributed by atoms with Crippen molar-refractivity contribution in [3.05, 3.63) is 11.3 Å². The first-order chi connectivity index (χ1) is 7.24. The molecule has 84 valence electrons. The number of rotatable bonds is 2. The Kier molecular flexibility index (Phi) is 3.31. The van der Waals surface area contributed by atoms with Gasteiger partial charge in [0, 0.05) is 31.0 Å². The summed E-state index contributed by atoms with van der Waals surface area (Å²) in [6.07, 6.45) is 0. The monoisotopic (exact) mass is 273 g/mol. The highest BCUT2D eigenvalue weighted by molar-refractivity contribution is 9.08. The minimum Gasteiger partial charge on any atom is -0.378 e. The molecule has 1 saturated heterocycles. The molecule has 0 unspecified atom stereocenters. The largest absolute Gasteiger partial charge is 0.378 e. The predicted molar refractivity (Wildman–Crippen MR) is 63.6 cm³/mol. The summed E-state index contributed by atoms with van der Waals surface area (Å²) < 4.78 is 7.33. The quantitative estimate of drug-likeness (QED) is 0.765. The topological polar surface area (TPSA) is 30.3 Å². The number of halogens is 1. The number of ether oxygens (including phenoxy) is 1. The van der Waals surface area contributed by atoms with E-state index >= 15 is 0 Å². The predicted octanol–water partition coefficient (Wildman–Crippen LogP) is 1.46. The molecule has 0 spiro atoms. The molecule has 0 N–H and O–H groups in total. The van der Waals surface area contributed by atoms with Crippen LogP contribution in [-0.4, -0.2) is 36.1 Å². The fraction of sp³-hybridized carbons (Fsp3) is 0.700. The first kappa shape index (κ1) is 11.0. The molecule has 0 aliphatic carbocycles. The smallest absolute Gasteiger partial charge is 0.131 e. The van der Waals surface area contributed by atoms with Crippen molar-refractivity contribution < 1.29 is 4.74 Å². The lowest BCUT2D eigenvalue weighted by molar-refractivity contribution is 0.122. The Hall–Kier alpha value is -0.550. The molecule has 1 aromatic heterocycles. The van der Waals surface area contributed by atoms with E-state index in [4.69, 9.17) is 4.74 Å². The van der Waals surface area contributed by atoms with E-state index in [1.165, 1.54) is 11.4 Å². The Morgan fingerprint density at radius 3 is 2.67 bits per heavy atom. The highest BCUT2D eigenvalue weighted by atomic mass is 79.9. The van der Waals surface area contributed by atoms with Crippen LogP contribution in [-0.2, 0) is 17.1 Å². The molecule has 2 heterocycles.